The fourth-order valence-electron chi connectivity index (χ4n) is 7.46. The minimum atomic E-state index is 0.528. The van der Waals surface area contributed by atoms with E-state index in [2.05, 4.69) is 106 Å². The van der Waals surface area contributed by atoms with Crippen molar-refractivity contribution in [1.82, 2.24) is 24.1 Å². The average Bonchev–Trinajstić information content (AvgIpc) is 3.73. The molecule has 0 aliphatic rings. The van der Waals surface area contributed by atoms with Gasteiger partial charge < -0.3 is 9.13 Å². The predicted octanol–water partition coefficient (Wildman–Crippen LogP) is 10.9. The Bertz CT molecular complexity index is 2910. The fourth-order valence-corrected chi connectivity index (χ4v) is 7.46. The molecule has 10 aromatic rings. The number of nitriles is 1. The first-order valence-electron chi connectivity index (χ1n) is 17.2. The molecule has 0 N–H and O–H groups in total. The Morgan fingerprint density at radius 1 is 0.404 bits per heavy atom. The third-order valence-electron chi connectivity index (χ3n) is 9.80. The van der Waals surface area contributed by atoms with Crippen LogP contribution in [0.25, 0.3) is 89.2 Å². The molecule has 242 valence electrons. The second-order valence-corrected chi connectivity index (χ2v) is 12.8. The van der Waals surface area contributed by atoms with E-state index in [9.17, 15) is 5.26 Å². The number of nitrogens with zero attached hydrogens (tertiary/aromatic N) is 6. The van der Waals surface area contributed by atoms with Gasteiger partial charge in [-0.15, -0.1) is 0 Å². The highest BCUT2D eigenvalue weighted by Crippen LogP contribution is 2.39. The molecular formula is C46H28N6. The molecule has 0 fully saturated rings. The number of hydrogen-bond acceptors (Lipinski definition) is 4. The lowest BCUT2D eigenvalue weighted by Crippen LogP contribution is -2.04. The van der Waals surface area contributed by atoms with Crippen molar-refractivity contribution in [2.45, 2.75) is 0 Å². The molecule has 6 nitrogen and oxygen atoms in total. The summed E-state index contributed by atoms with van der Waals surface area (Å²) in [4.78, 5) is 15.1. The molecule has 10 rings (SSSR count). The molecule has 3 heterocycles. The second kappa shape index (κ2) is 11.9. The molecule has 7 aromatic carbocycles. The molecular weight excluding hydrogens is 637 g/mol. The van der Waals surface area contributed by atoms with Crippen LogP contribution in [-0.2, 0) is 0 Å². The van der Waals surface area contributed by atoms with Crippen LogP contribution in [0, 0.1) is 11.3 Å². The summed E-state index contributed by atoms with van der Waals surface area (Å²) in [5, 5.41) is 14.8. The third kappa shape index (κ3) is 4.68. The minimum Gasteiger partial charge on any atom is -0.309 e. The quantitative estimate of drug-likeness (QED) is 0.184. The van der Waals surface area contributed by atoms with Gasteiger partial charge in [-0.1, -0.05) is 115 Å². The zero-order valence-corrected chi connectivity index (χ0v) is 27.8. The van der Waals surface area contributed by atoms with Crippen molar-refractivity contribution in [3.63, 3.8) is 0 Å². The Kier molecular flexibility index (Phi) is 6.76. The van der Waals surface area contributed by atoms with Crippen LogP contribution in [0.3, 0.4) is 0 Å². The van der Waals surface area contributed by atoms with Gasteiger partial charge in [-0.05, 0) is 54.6 Å². The number of hydrogen-bond donors (Lipinski definition) is 0. The summed E-state index contributed by atoms with van der Waals surface area (Å²) in [6.45, 7) is 0. The van der Waals surface area contributed by atoms with Gasteiger partial charge in [0.15, 0.2) is 17.5 Å². The summed E-state index contributed by atoms with van der Waals surface area (Å²) in [6.07, 6.45) is 0. The zero-order chi connectivity index (χ0) is 34.6. The molecule has 0 atom stereocenters. The number of rotatable bonds is 5. The van der Waals surface area contributed by atoms with Gasteiger partial charge in [-0.25, -0.2) is 15.0 Å². The van der Waals surface area contributed by atoms with Crippen molar-refractivity contribution in [1.29, 1.82) is 5.26 Å². The summed E-state index contributed by atoms with van der Waals surface area (Å²) < 4.78 is 4.59. The highest BCUT2D eigenvalue weighted by molar-refractivity contribution is 6.12. The number of benzene rings is 7. The van der Waals surface area contributed by atoms with E-state index >= 15 is 0 Å². The largest absolute Gasteiger partial charge is 0.309 e. The number of aromatic nitrogens is 5. The topological polar surface area (TPSA) is 72.3 Å². The summed E-state index contributed by atoms with van der Waals surface area (Å²) >= 11 is 0. The van der Waals surface area contributed by atoms with E-state index < -0.39 is 0 Å². The van der Waals surface area contributed by atoms with Crippen LogP contribution < -0.4 is 0 Å². The Morgan fingerprint density at radius 2 is 0.885 bits per heavy atom. The molecule has 0 unspecified atom stereocenters. The highest BCUT2D eigenvalue weighted by Gasteiger charge is 2.21. The van der Waals surface area contributed by atoms with Crippen LogP contribution >= 0.6 is 0 Å². The number of fused-ring (bicyclic) bond motifs is 6. The normalized spacial score (nSPS) is 11.4. The minimum absolute atomic E-state index is 0.528. The Morgan fingerprint density at radius 3 is 1.46 bits per heavy atom. The fraction of sp³-hybridized carbons (Fsp3) is 0. The van der Waals surface area contributed by atoms with Crippen LogP contribution in [0.1, 0.15) is 5.56 Å². The van der Waals surface area contributed by atoms with Gasteiger partial charge in [0.25, 0.3) is 0 Å². The summed E-state index contributed by atoms with van der Waals surface area (Å²) in [5.41, 5.74) is 9.40. The molecule has 3 aromatic heterocycles. The molecule has 6 heteroatoms. The molecule has 0 radical (unpaired) electrons. The van der Waals surface area contributed by atoms with Crippen molar-refractivity contribution in [3.05, 3.63) is 175 Å². The first-order chi connectivity index (χ1) is 25.7. The summed E-state index contributed by atoms with van der Waals surface area (Å²) in [7, 11) is 0. The van der Waals surface area contributed by atoms with Gasteiger partial charge in [0, 0.05) is 43.9 Å². The van der Waals surface area contributed by atoms with Gasteiger partial charge in [0.2, 0.25) is 0 Å². The van der Waals surface area contributed by atoms with Crippen LogP contribution in [0.4, 0.5) is 0 Å². The monoisotopic (exact) mass is 664 g/mol. The first-order valence-corrected chi connectivity index (χ1v) is 17.2. The highest BCUT2D eigenvalue weighted by atomic mass is 15.1. The molecule has 0 spiro atoms. The summed E-state index contributed by atoms with van der Waals surface area (Å²) in [6, 6.07) is 60.3. The third-order valence-corrected chi connectivity index (χ3v) is 9.80. The molecule has 0 saturated heterocycles. The van der Waals surface area contributed by atoms with Gasteiger partial charge in [-0.2, -0.15) is 5.26 Å². The lowest BCUT2D eigenvalue weighted by molar-refractivity contribution is 1.06. The molecule has 0 bridgehead atoms. The lowest BCUT2D eigenvalue weighted by atomic mass is 10.1. The van der Waals surface area contributed by atoms with Crippen LogP contribution in [0.15, 0.2) is 170 Å². The van der Waals surface area contributed by atoms with Crippen molar-refractivity contribution >= 4 is 43.6 Å². The van der Waals surface area contributed by atoms with E-state index in [-0.39, 0.29) is 0 Å². The van der Waals surface area contributed by atoms with Crippen molar-refractivity contribution in [3.8, 4) is 51.6 Å². The van der Waals surface area contributed by atoms with E-state index in [1.165, 1.54) is 10.8 Å². The van der Waals surface area contributed by atoms with E-state index in [1.54, 1.807) is 0 Å². The van der Waals surface area contributed by atoms with Crippen molar-refractivity contribution in [2.24, 2.45) is 0 Å². The second-order valence-electron chi connectivity index (χ2n) is 12.8. The Balaban J connectivity index is 1.24. The van der Waals surface area contributed by atoms with Gasteiger partial charge in [0.1, 0.15) is 0 Å². The maximum absolute atomic E-state index is 10.1. The number of para-hydroxylation sites is 3. The maximum atomic E-state index is 10.1. The van der Waals surface area contributed by atoms with Crippen LogP contribution in [0.5, 0.6) is 0 Å². The van der Waals surface area contributed by atoms with E-state index in [0.29, 0.717) is 23.0 Å². The predicted molar refractivity (Wildman–Crippen MR) is 210 cm³/mol. The first kappa shape index (κ1) is 29.5. The van der Waals surface area contributed by atoms with Crippen molar-refractivity contribution < 1.29 is 0 Å². The van der Waals surface area contributed by atoms with Gasteiger partial charge in [0.05, 0.1) is 39.4 Å². The average molecular weight is 665 g/mol. The molecule has 0 aliphatic carbocycles. The Hall–Kier alpha value is -7.36. The smallest absolute Gasteiger partial charge is 0.166 e. The Labute approximate surface area is 299 Å². The maximum Gasteiger partial charge on any atom is 0.166 e. The van der Waals surface area contributed by atoms with E-state index in [1.807, 2.05) is 78.9 Å². The van der Waals surface area contributed by atoms with E-state index in [0.717, 1.165) is 60.9 Å². The van der Waals surface area contributed by atoms with Crippen LogP contribution in [0.2, 0.25) is 0 Å². The standard InChI is InChI=1S/C46H28N6/c47-29-30-23-25-37(46-49-44(31-13-3-1-4-14-31)48-45(50-46)32-15-5-2-6-16-32)43(27-30)52-41-22-12-9-19-36(41)38-28-33(24-26-42(38)52)51-39-20-10-7-17-34(39)35-18-8-11-21-40(35)51/h1-28H. The van der Waals surface area contributed by atoms with Gasteiger partial charge in [-0.3, -0.25) is 0 Å². The zero-order valence-electron chi connectivity index (χ0n) is 27.8. The molecule has 0 aliphatic heterocycles. The lowest BCUT2D eigenvalue weighted by Gasteiger charge is -2.15. The van der Waals surface area contributed by atoms with Crippen LogP contribution in [-0.4, -0.2) is 24.1 Å². The van der Waals surface area contributed by atoms with Gasteiger partial charge >= 0.3 is 0 Å². The van der Waals surface area contributed by atoms with Crippen molar-refractivity contribution in [2.75, 3.05) is 0 Å². The SMILES string of the molecule is N#Cc1ccc(-c2nc(-c3ccccc3)nc(-c3ccccc3)n2)c(-n2c3ccccc3c3cc(-n4c5ccccc5c5ccccc54)ccc32)c1. The van der Waals surface area contributed by atoms with E-state index in [4.69, 9.17) is 15.0 Å². The summed E-state index contributed by atoms with van der Waals surface area (Å²) in [5.74, 6) is 1.69. The molecule has 52 heavy (non-hydrogen) atoms. The molecule has 0 saturated carbocycles. The molecule has 0 amide bonds.